The Morgan fingerprint density at radius 3 is 2.92 bits per heavy atom. The van der Waals surface area contributed by atoms with Crippen molar-refractivity contribution in [1.82, 2.24) is 10.2 Å². The van der Waals surface area contributed by atoms with Crippen LogP contribution in [-0.2, 0) is 0 Å². The minimum absolute atomic E-state index is 0.350. The number of hydrogen-bond acceptors (Lipinski definition) is 5. The second-order valence-corrected chi connectivity index (χ2v) is 3.72. The first kappa shape index (κ1) is 9.41. The van der Waals surface area contributed by atoms with Crippen LogP contribution in [0.5, 0.6) is 0 Å². The zero-order chi connectivity index (χ0) is 8.97. The summed E-state index contributed by atoms with van der Waals surface area (Å²) in [5.74, 6) is 0.453. The van der Waals surface area contributed by atoms with E-state index in [1.807, 2.05) is 0 Å². The van der Waals surface area contributed by atoms with Gasteiger partial charge in [-0.2, -0.15) is 0 Å². The standard InChI is InChI=1S/C7H14N4S/c1-5(3-8)6(2)10-7-11-9-4-12-7/h4-6H,3,8H2,1-2H3,(H,10,11). The average molecular weight is 186 g/mol. The molecule has 5 heteroatoms. The molecule has 0 aliphatic heterocycles. The van der Waals surface area contributed by atoms with Crippen molar-refractivity contribution in [2.45, 2.75) is 19.9 Å². The first-order valence-corrected chi connectivity index (χ1v) is 4.84. The van der Waals surface area contributed by atoms with E-state index in [0.29, 0.717) is 18.5 Å². The zero-order valence-corrected chi connectivity index (χ0v) is 8.14. The summed E-state index contributed by atoms with van der Waals surface area (Å²) in [6.07, 6.45) is 0. The smallest absolute Gasteiger partial charge is 0.205 e. The van der Waals surface area contributed by atoms with Crippen molar-refractivity contribution >= 4 is 16.5 Å². The number of aromatic nitrogens is 2. The highest BCUT2D eigenvalue weighted by molar-refractivity contribution is 7.13. The van der Waals surface area contributed by atoms with Gasteiger partial charge in [0.25, 0.3) is 0 Å². The van der Waals surface area contributed by atoms with Gasteiger partial charge in [0.15, 0.2) is 0 Å². The van der Waals surface area contributed by atoms with Crippen LogP contribution >= 0.6 is 11.3 Å². The first-order valence-electron chi connectivity index (χ1n) is 3.96. The third kappa shape index (κ3) is 2.42. The summed E-state index contributed by atoms with van der Waals surface area (Å²) < 4.78 is 0. The summed E-state index contributed by atoms with van der Waals surface area (Å²) >= 11 is 1.50. The molecule has 0 saturated carbocycles. The van der Waals surface area contributed by atoms with E-state index >= 15 is 0 Å². The molecule has 0 spiro atoms. The van der Waals surface area contributed by atoms with E-state index in [1.54, 1.807) is 5.51 Å². The van der Waals surface area contributed by atoms with Crippen LogP contribution in [0.2, 0.25) is 0 Å². The molecule has 0 saturated heterocycles. The van der Waals surface area contributed by atoms with Gasteiger partial charge in [0.2, 0.25) is 5.13 Å². The molecule has 0 fully saturated rings. The Bertz CT molecular complexity index is 211. The van der Waals surface area contributed by atoms with Crippen LogP contribution in [-0.4, -0.2) is 22.8 Å². The summed E-state index contributed by atoms with van der Waals surface area (Å²) in [5.41, 5.74) is 7.24. The molecule has 0 amide bonds. The molecule has 4 nitrogen and oxygen atoms in total. The van der Waals surface area contributed by atoms with Crippen molar-refractivity contribution in [3.8, 4) is 0 Å². The molecule has 68 valence electrons. The van der Waals surface area contributed by atoms with Crippen molar-refractivity contribution in [2.24, 2.45) is 11.7 Å². The molecule has 2 atom stereocenters. The maximum Gasteiger partial charge on any atom is 0.205 e. The highest BCUT2D eigenvalue weighted by Crippen LogP contribution is 2.12. The van der Waals surface area contributed by atoms with Gasteiger partial charge in [-0.25, -0.2) is 0 Å². The molecule has 2 unspecified atom stereocenters. The van der Waals surface area contributed by atoms with Crippen molar-refractivity contribution in [3.05, 3.63) is 5.51 Å². The lowest BCUT2D eigenvalue weighted by Crippen LogP contribution is -2.29. The van der Waals surface area contributed by atoms with Crippen LogP contribution in [0.25, 0.3) is 0 Å². The number of hydrogen-bond donors (Lipinski definition) is 2. The van der Waals surface area contributed by atoms with Crippen LogP contribution in [0, 0.1) is 5.92 Å². The summed E-state index contributed by atoms with van der Waals surface area (Å²) in [4.78, 5) is 0. The maximum absolute atomic E-state index is 5.53. The number of nitrogens with zero attached hydrogens (tertiary/aromatic N) is 2. The van der Waals surface area contributed by atoms with E-state index in [0.717, 1.165) is 5.13 Å². The third-order valence-electron chi connectivity index (χ3n) is 1.94. The Balaban J connectivity index is 2.41. The molecule has 0 radical (unpaired) electrons. The molecule has 3 N–H and O–H groups in total. The molecular formula is C7H14N4S. The lowest BCUT2D eigenvalue weighted by Gasteiger charge is -2.18. The number of nitrogens with two attached hydrogens (primary N) is 1. The Morgan fingerprint density at radius 2 is 2.42 bits per heavy atom. The molecular weight excluding hydrogens is 172 g/mol. The number of rotatable bonds is 4. The van der Waals surface area contributed by atoms with Gasteiger partial charge >= 0.3 is 0 Å². The lowest BCUT2D eigenvalue weighted by atomic mass is 10.1. The summed E-state index contributed by atoms with van der Waals surface area (Å²) in [6, 6.07) is 0.350. The second-order valence-electron chi connectivity index (χ2n) is 2.89. The van der Waals surface area contributed by atoms with Crippen LogP contribution in [0.3, 0.4) is 0 Å². The molecule has 1 aromatic heterocycles. The summed E-state index contributed by atoms with van der Waals surface area (Å²) in [6.45, 7) is 4.89. The second kappa shape index (κ2) is 4.37. The Labute approximate surface area is 76.2 Å². The quantitative estimate of drug-likeness (QED) is 0.734. The monoisotopic (exact) mass is 186 g/mol. The first-order chi connectivity index (χ1) is 5.74. The minimum atomic E-state index is 0.350. The van der Waals surface area contributed by atoms with Crippen molar-refractivity contribution < 1.29 is 0 Å². The van der Waals surface area contributed by atoms with Gasteiger partial charge in [-0.1, -0.05) is 18.3 Å². The van der Waals surface area contributed by atoms with E-state index in [2.05, 4.69) is 29.4 Å². The molecule has 1 aromatic rings. The molecule has 0 bridgehead atoms. The number of anilines is 1. The average Bonchev–Trinajstić information content (AvgIpc) is 2.55. The molecule has 1 rings (SSSR count). The van der Waals surface area contributed by atoms with Gasteiger partial charge in [-0.15, -0.1) is 10.2 Å². The fourth-order valence-corrected chi connectivity index (χ4v) is 1.32. The van der Waals surface area contributed by atoms with Crippen molar-refractivity contribution in [1.29, 1.82) is 0 Å². The van der Waals surface area contributed by atoms with Crippen LogP contribution in [0.1, 0.15) is 13.8 Å². The van der Waals surface area contributed by atoms with Gasteiger partial charge < -0.3 is 11.1 Å². The van der Waals surface area contributed by atoms with E-state index in [1.165, 1.54) is 11.3 Å². The van der Waals surface area contributed by atoms with E-state index in [-0.39, 0.29) is 0 Å². The van der Waals surface area contributed by atoms with Gasteiger partial charge in [-0.3, -0.25) is 0 Å². The normalized spacial score (nSPS) is 15.6. The Hall–Kier alpha value is -0.680. The predicted octanol–water partition coefficient (Wildman–Crippen LogP) is 0.933. The van der Waals surface area contributed by atoms with Gasteiger partial charge in [0.1, 0.15) is 5.51 Å². The number of nitrogens with one attached hydrogen (secondary N) is 1. The SMILES string of the molecule is CC(CN)C(C)Nc1nncs1. The van der Waals surface area contributed by atoms with E-state index in [9.17, 15) is 0 Å². The highest BCUT2D eigenvalue weighted by atomic mass is 32.1. The maximum atomic E-state index is 5.53. The molecule has 12 heavy (non-hydrogen) atoms. The fourth-order valence-electron chi connectivity index (χ4n) is 0.777. The molecule has 0 aliphatic carbocycles. The van der Waals surface area contributed by atoms with E-state index in [4.69, 9.17) is 5.73 Å². The molecule has 0 aromatic carbocycles. The largest absolute Gasteiger partial charge is 0.357 e. The van der Waals surface area contributed by atoms with Crippen molar-refractivity contribution in [2.75, 3.05) is 11.9 Å². The molecule has 0 aliphatic rings. The minimum Gasteiger partial charge on any atom is -0.357 e. The lowest BCUT2D eigenvalue weighted by molar-refractivity contribution is 0.521. The third-order valence-corrected chi connectivity index (χ3v) is 2.56. The Kier molecular flexibility index (Phi) is 3.43. The van der Waals surface area contributed by atoms with Crippen molar-refractivity contribution in [3.63, 3.8) is 0 Å². The summed E-state index contributed by atoms with van der Waals surface area (Å²) in [7, 11) is 0. The zero-order valence-electron chi connectivity index (χ0n) is 7.32. The van der Waals surface area contributed by atoms with Crippen LogP contribution in [0.4, 0.5) is 5.13 Å². The van der Waals surface area contributed by atoms with Gasteiger partial charge in [0.05, 0.1) is 0 Å². The fraction of sp³-hybridized carbons (Fsp3) is 0.714. The summed E-state index contributed by atoms with van der Waals surface area (Å²) in [5, 5.41) is 11.7. The van der Waals surface area contributed by atoms with Gasteiger partial charge in [-0.05, 0) is 19.4 Å². The Morgan fingerprint density at radius 1 is 1.67 bits per heavy atom. The molecule has 1 heterocycles. The van der Waals surface area contributed by atoms with Gasteiger partial charge in [0, 0.05) is 6.04 Å². The highest BCUT2D eigenvalue weighted by Gasteiger charge is 2.10. The van der Waals surface area contributed by atoms with E-state index < -0.39 is 0 Å². The van der Waals surface area contributed by atoms with Crippen LogP contribution < -0.4 is 11.1 Å². The topological polar surface area (TPSA) is 63.8 Å². The predicted molar refractivity (Wildman–Crippen MR) is 51.2 cm³/mol. The van der Waals surface area contributed by atoms with Crippen LogP contribution in [0.15, 0.2) is 5.51 Å².